The van der Waals surface area contributed by atoms with Crippen LogP contribution in [0.25, 0.3) is 0 Å². The van der Waals surface area contributed by atoms with E-state index >= 15 is 0 Å². The topological polar surface area (TPSA) is 65.5 Å². The highest BCUT2D eigenvalue weighted by molar-refractivity contribution is 5.87. The molecule has 1 aromatic rings. The second-order valence-corrected chi connectivity index (χ2v) is 3.82. The van der Waals surface area contributed by atoms with Crippen LogP contribution in [0, 0.1) is 0 Å². The second kappa shape index (κ2) is 6.19. The van der Waals surface area contributed by atoms with Crippen LogP contribution < -0.4 is 5.32 Å². The van der Waals surface area contributed by atoms with Gasteiger partial charge in [-0.2, -0.15) is 0 Å². The van der Waals surface area contributed by atoms with Crippen molar-refractivity contribution in [3.63, 3.8) is 0 Å². The van der Waals surface area contributed by atoms with Crippen LogP contribution in [0.1, 0.15) is 16.1 Å². The first kappa shape index (κ1) is 12.6. The average Bonchev–Trinajstić information content (AvgIpc) is 2.25. The number of aromatic nitrogens is 1. The normalized spacial score (nSPS) is 10.7. The van der Waals surface area contributed by atoms with Crippen LogP contribution in [0.4, 0.5) is 0 Å². The number of hydrogen-bond donors (Lipinski definition) is 2. The molecule has 0 fully saturated rings. The first-order chi connectivity index (χ1) is 7.59. The van der Waals surface area contributed by atoms with Gasteiger partial charge in [0.05, 0.1) is 11.3 Å². The third kappa shape index (κ3) is 4.37. The van der Waals surface area contributed by atoms with Crippen LogP contribution in [-0.4, -0.2) is 48.1 Å². The second-order valence-electron chi connectivity index (χ2n) is 3.82. The van der Waals surface area contributed by atoms with Gasteiger partial charge in [0, 0.05) is 25.8 Å². The molecule has 88 valence electrons. The zero-order valence-electron chi connectivity index (χ0n) is 9.60. The molecule has 0 amide bonds. The Balaban J connectivity index is 2.35. The van der Waals surface area contributed by atoms with Crippen molar-refractivity contribution in [2.45, 2.75) is 6.54 Å². The average molecular weight is 223 g/mol. The van der Waals surface area contributed by atoms with E-state index in [-0.39, 0.29) is 5.56 Å². The van der Waals surface area contributed by atoms with Crippen molar-refractivity contribution in [2.75, 3.05) is 27.2 Å². The molecule has 0 aliphatic rings. The van der Waals surface area contributed by atoms with Gasteiger partial charge in [0.1, 0.15) is 0 Å². The molecule has 16 heavy (non-hydrogen) atoms. The van der Waals surface area contributed by atoms with E-state index in [0.29, 0.717) is 6.54 Å². The smallest absolute Gasteiger partial charge is 0.337 e. The van der Waals surface area contributed by atoms with Gasteiger partial charge in [0.2, 0.25) is 0 Å². The lowest BCUT2D eigenvalue weighted by Gasteiger charge is -2.09. The monoisotopic (exact) mass is 223 g/mol. The third-order valence-corrected chi connectivity index (χ3v) is 2.11. The van der Waals surface area contributed by atoms with Crippen molar-refractivity contribution in [3.05, 3.63) is 29.6 Å². The first-order valence-corrected chi connectivity index (χ1v) is 5.13. The number of likely N-dealkylation sites (N-methyl/N-ethyl adjacent to an activating group) is 1. The minimum atomic E-state index is -0.945. The molecule has 2 N–H and O–H groups in total. The number of carboxylic acids is 1. The molecule has 1 heterocycles. The summed E-state index contributed by atoms with van der Waals surface area (Å²) in [6, 6.07) is 3.30. The molecular formula is C11H17N3O2. The molecule has 1 aromatic heterocycles. The first-order valence-electron chi connectivity index (χ1n) is 5.13. The zero-order chi connectivity index (χ0) is 12.0. The minimum Gasteiger partial charge on any atom is -0.478 e. The van der Waals surface area contributed by atoms with Gasteiger partial charge in [-0.3, -0.25) is 4.98 Å². The van der Waals surface area contributed by atoms with Gasteiger partial charge in [-0.1, -0.05) is 0 Å². The molecule has 0 bridgehead atoms. The molecule has 0 atom stereocenters. The number of nitrogens with one attached hydrogen (secondary N) is 1. The number of nitrogens with zero attached hydrogens (tertiary/aromatic N) is 2. The zero-order valence-corrected chi connectivity index (χ0v) is 9.60. The molecule has 0 spiro atoms. The van der Waals surface area contributed by atoms with E-state index < -0.39 is 5.97 Å². The van der Waals surface area contributed by atoms with E-state index in [9.17, 15) is 4.79 Å². The predicted molar refractivity (Wildman–Crippen MR) is 61.5 cm³/mol. The Hall–Kier alpha value is -1.46. The summed E-state index contributed by atoms with van der Waals surface area (Å²) < 4.78 is 0. The van der Waals surface area contributed by atoms with E-state index in [1.165, 1.54) is 6.20 Å². The van der Waals surface area contributed by atoms with E-state index in [0.717, 1.165) is 18.8 Å². The van der Waals surface area contributed by atoms with Crippen molar-refractivity contribution in [3.8, 4) is 0 Å². The van der Waals surface area contributed by atoms with Crippen molar-refractivity contribution in [1.82, 2.24) is 15.2 Å². The van der Waals surface area contributed by atoms with E-state index in [4.69, 9.17) is 5.11 Å². The highest BCUT2D eigenvalue weighted by Gasteiger charge is 2.02. The van der Waals surface area contributed by atoms with Crippen molar-refractivity contribution in [1.29, 1.82) is 0 Å². The number of aromatic carboxylic acids is 1. The summed E-state index contributed by atoms with van der Waals surface area (Å²) in [5.74, 6) is -0.945. The van der Waals surface area contributed by atoms with Crippen LogP contribution in [0.15, 0.2) is 18.3 Å². The Morgan fingerprint density at radius 1 is 1.50 bits per heavy atom. The molecule has 5 heteroatoms. The van der Waals surface area contributed by atoms with Crippen LogP contribution in [0.2, 0.25) is 0 Å². The lowest BCUT2D eigenvalue weighted by molar-refractivity contribution is 0.0696. The molecule has 0 saturated carbocycles. The Bertz CT molecular complexity index is 336. The Kier molecular flexibility index (Phi) is 4.88. The molecule has 1 rings (SSSR count). The maximum atomic E-state index is 10.6. The number of hydrogen-bond acceptors (Lipinski definition) is 4. The van der Waals surface area contributed by atoms with Gasteiger partial charge in [-0.15, -0.1) is 0 Å². The van der Waals surface area contributed by atoms with E-state index in [1.54, 1.807) is 12.1 Å². The lowest BCUT2D eigenvalue weighted by atomic mass is 10.2. The van der Waals surface area contributed by atoms with Gasteiger partial charge in [-0.05, 0) is 26.2 Å². The Labute approximate surface area is 95.1 Å². The summed E-state index contributed by atoms with van der Waals surface area (Å²) in [4.78, 5) is 16.7. The van der Waals surface area contributed by atoms with Crippen LogP contribution in [0.5, 0.6) is 0 Å². The van der Waals surface area contributed by atoms with Crippen LogP contribution in [0.3, 0.4) is 0 Å². The van der Waals surface area contributed by atoms with E-state index in [2.05, 4.69) is 15.2 Å². The van der Waals surface area contributed by atoms with Gasteiger partial charge in [0.25, 0.3) is 0 Å². The predicted octanol–water partition coefficient (Wildman–Crippen LogP) is 0.431. The standard InChI is InChI=1S/C11H17N3O2/c1-14(2)6-5-12-8-10-4-3-9(7-13-10)11(15)16/h3-4,7,12H,5-6,8H2,1-2H3,(H,15,16). The number of pyridine rings is 1. The van der Waals surface area contributed by atoms with Gasteiger partial charge in [0.15, 0.2) is 0 Å². The number of carboxylic acid groups (broad SMARTS) is 1. The molecule has 0 unspecified atom stereocenters. The SMILES string of the molecule is CN(C)CCNCc1ccc(C(=O)O)cn1. The number of rotatable bonds is 6. The summed E-state index contributed by atoms with van der Waals surface area (Å²) in [6.45, 7) is 2.51. The van der Waals surface area contributed by atoms with Crippen molar-refractivity contribution >= 4 is 5.97 Å². The summed E-state index contributed by atoms with van der Waals surface area (Å²) in [5.41, 5.74) is 1.07. The largest absolute Gasteiger partial charge is 0.478 e. The molecule has 0 radical (unpaired) electrons. The van der Waals surface area contributed by atoms with Crippen molar-refractivity contribution < 1.29 is 9.90 Å². The highest BCUT2D eigenvalue weighted by atomic mass is 16.4. The quantitative estimate of drug-likeness (QED) is 0.685. The van der Waals surface area contributed by atoms with Crippen molar-refractivity contribution in [2.24, 2.45) is 0 Å². The molecule has 5 nitrogen and oxygen atoms in total. The summed E-state index contributed by atoms with van der Waals surface area (Å²) in [7, 11) is 4.03. The Morgan fingerprint density at radius 2 is 2.25 bits per heavy atom. The molecule has 0 saturated heterocycles. The minimum absolute atomic E-state index is 0.219. The van der Waals surface area contributed by atoms with Gasteiger partial charge >= 0.3 is 5.97 Å². The molecule has 0 aliphatic carbocycles. The fourth-order valence-electron chi connectivity index (χ4n) is 1.17. The Morgan fingerprint density at radius 3 is 2.75 bits per heavy atom. The fraction of sp³-hybridized carbons (Fsp3) is 0.455. The maximum absolute atomic E-state index is 10.6. The molecular weight excluding hydrogens is 206 g/mol. The van der Waals surface area contributed by atoms with Gasteiger partial charge < -0.3 is 15.3 Å². The summed E-state index contributed by atoms with van der Waals surface area (Å²) >= 11 is 0. The van der Waals surface area contributed by atoms with Gasteiger partial charge in [-0.25, -0.2) is 4.79 Å². The molecule has 0 aromatic carbocycles. The van der Waals surface area contributed by atoms with E-state index in [1.807, 2.05) is 14.1 Å². The summed E-state index contributed by atoms with van der Waals surface area (Å²) in [5, 5.41) is 11.9. The molecule has 0 aliphatic heterocycles. The maximum Gasteiger partial charge on any atom is 0.337 e. The fourth-order valence-corrected chi connectivity index (χ4v) is 1.17. The van der Waals surface area contributed by atoms with Crippen LogP contribution in [-0.2, 0) is 6.54 Å². The van der Waals surface area contributed by atoms with Crippen LogP contribution >= 0.6 is 0 Å². The highest BCUT2D eigenvalue weighted by Crippen LogP contribution is 1.99. The summed E-state index contributed by atoms with van der Waals surface area (Å²) in [6.07, 6.45) is 1.38. The number of carbonyl (C=O) groups is 1. The third-order valence-electron chi connectivity index (χ3n) is 2.11. The lowest BCUT2D eigenvalue weighted by Crippen LogP contribution is -2.26.